The minimum Gasteiger partial charge on any atom is -0.422 e. The molecular formula is C46H41NO2. The molecule has 0 radical (unpaired) electrons. The summed E-state index contributed by atoms with van der Waals surface area (Å²) in [4.78, 5) is 16.3. The molecule has 49 heavy (non-hydrogen) atoms. The van der Waals surface area contributed by atoms with E-state index in [1.54, 1.807) is 0 Å². The first-order valence-electron chi connectivity index (χ1n) is 17.6. The first-order valence-corrected chi connectivity index (χ1v) is 17.6. The highest BCUT2D eigenvalue weighted by Gasteiger charge is 2.42. The monoisotopic (exact) mass is 639 g/mol. The van der Waals surface area contributed by atoms with Gasteiger partial charge in [0, 0.05) is 29.7 Å². The summed E-state index contributed by atoms with van der Waals surface area (Å²) in [5.74, 6) is 0. The molecule has 242 valence electrons. The van der Waals surface area contributed by atoms with Gasteiger partial charge in [-0.2, -0.15) is 0 Å². The molecule has 9 rings (SSSR count). The Morgan fingerprint density at radius 1 is 0.592 bits per heavy atom. The van der Waals surface area contributed by atoms with Gasteiger partial charge in [-0.15, -0.1) is 0 Å². The number of aryl methyl sites for hydroxylation is 1. The van der Waals surface area contributed by atoms with E-state index in [9.17, 15) is 4.79 Å². The van der Waals surface area contributed by atoms with Crippen LogP contribution < -0.4 is 10.5 Å². The number of rotatable bonds is 3. The molecule has 0 fully saturated rings. The van der Waals surface area contributed by atoms with Gasteiger partial charge in [-0.3, -0.25) is 0 Å². The highest BCUT2D eigenvalue weighted by molar-refractivity contribution is 6.09. The molecule has 0 aliphatic carbocycles. The van der Waals surface area contributed by atoms with Crippen molar-refractivity contribution in [3.63, 3.8) is 0 Å². The molecule has 3 heterocycles. The van der Waals surface area contributed by atoms with Crippen LogP contribution in [0, 0.1) is 6.92 Å². The molecular weight excluding hydrogens is 599 g/mol. The fourth-order valence-corrected chi connectivity index (χ4v) is 8.68. The van der Waals surface area contributed by atoms with Gasteiger partial charge >= 0.3 is 5.63 Å². The number of nitrogens with zero attached hydrogens (tertiary/aromatic N) is 1. The van der Waals surface area contributed by atoms with Gasteiger partial charge < -0.3 is 9.32 Å². The van der Waals surface area contributed by atoms with E-state index in [1.807, 2.05) is 0 Å². The van der Waals surface area contributed by atoms with Crippen molar-refractivity contribution >= 4 is 38.2 Å². The number of hydrogen-bond donors (Lipinski definition) is 0. The van der Waals surface area contributed by atoms with Gasteiger partial charge in [0.25, 0.3) is 0 Å². The van der Waals surface area contributed by atoms with Crippen LogP contribution in [0.25, 0.3) is 65.9 Å². The van der Waals surface area contributed by atoms with Gasteiger partial charge in [0.2, 0.25) is 0 Å². The van der Waals surface area contributed by atoms with Crippen LogP contribution in [-0.2, 0) is 10.8 Å². The third-order valence-corrected chi connectivity index (χ3v) is 11.6. The highest BCUT2D eigenvalue weighted by atomic mass is 16.4. The smallest absolute Gasteiger partial charge is 0.344 e. The summed E-state index contributed by atoms with van der Waals surface area (Å²) in [5.41, 5.74) is 11.9. The maximum absolute atomic E-state index is 13.7. The predicted octanol–water partition coefficient (Wildman–Crippen LogP) is 11.6. The molecule has 0 saturated heterocycles. The van der Waals surface area contributed by atoms with Crippen molar-refractivity contribution in [3.8, 4) is 33.4 Å². The lowest BCUT2D eigenvalue weighted by atomic mass is 9.69. The van der Waals surface area contributed by atoms with Gasteiger partial charge in [-0.1, -0.05) is 125 Å². The molecule has 0 atom stereocenters. The summed E-state index contributed by atoms with van der Waals surface area (Å²) in [6.45, 7) is 13.6. The van der Waals surface area contributed by atoms with Crippen molar-refractivity contribution < 1.29 is 4.42 Å². The molecule has 0 N–H and O–H groups in total. The summed E-state index contributed by atoms with van der Waals surface area (Å²) < 4.78 is 6.30. The standard InChI is InChI=1S/C46H41NO2/c1-28-10-6-13-34-32(28)11-7-15-36(34)38-17-9-14-35-33(12-8-16-37(35)38)29-18-20-30(21-19-29)39-26-31-27-40-42-41(43(31)49-44(39)48)46(4,5)23-25-47(42)24-22-45(40,2)3/h6-21,26-27H,22-25H2,1-5H3. The van der Waals surface area contributed by atoms with Crippen LogP contribution in [0.2, 0.25) is 0 Å². The molecule has 3 heteroatoms. The maximum Gasteiger partial charge on any atom is 0.344 e. The van der Waals surface area contributed by atoms with E-state index >= 15 is 0 Å². The quantitative estimate of drug-likeness (QED) is 0.180. The highest BCUT2D eigenvalue weighted by Crippen LogP contribution is 2.52. The van der Waals surface area contributed by atoms with Crippen LogP contribution in [-0.4, -0.2) is 13.1 Å². The second-order valence-electron chi connectivity index (χ2n) is 15.5. The fraction of sp³-hybridized carbons (Fsp3) is 0.239. The molecule has 6 aromatic carbocycles. The normalized spacial score (nSPS) is 16.3. The Labute approximate surface area is 287 Å². The van der Waals surface area contributed by atoms with Crippen molar-refractivity contribution in [2.45, 2.75) is 58.3 Å². The molecule has 0 spiro atoms. The predicted molar refractivity (Wildman–Crippen MR) is 206 cm³/mol. The Bertz CT molecular complexity index is 2530. The topological polar surface area (TPSA) is 33.5 Å². The third-order valence-electron chi connectivity index (χ3n) is 11.6. The minimum absolute atomic E-state index is 0.0605. The number of hydrogen-bond acceptors (Lipinski definition) is 3. The van der Waals surface area contributed by atoms with Crippen LogP contribution in [0.5, 0.6) is 0 Å². The Morgan fingerprint density at radius 2 is 1.12 bits per heavy atom. The van der Waals surface area contributed by atoms with Gasteiger partial charge in [0.05, 0.1) is 5.56 Å². The van der Waals surface area contributed by atoms with E-state index < -0.39 is 0 Å². The van der Waals surface area contributed by atoms with Crippen molar-refractivity contribution in [1.82, 2.24) is 0 Å². The van der Waals surface area contributed by atoms with Crippen molar-refractivity contribution in [2.24, 2.45) is 0 Å². The summed E-state index contributed by atoms with van der Waals surface area (Å²) in [5, 5.41) is 6.01. The lowest BCUT2D eigenvalue weighted by Crippen LogP contribution is -2.44. The summed E-state index contributed by atoms with van der Waals surface area (Å²) >= 11 is 0. The lowest BCUT2D eigenvalue weighted by Gasteiger charge is -2.48. The molecule has 2 aliphatic heterocycles. The number of anilines is 1. The van der Waals surface area contributed by atoms with Crippen molar-refractivity contribution in [1.29, 1.82) is 0 Å². The summed E-state index contributed by atoms with van der Waals surface area (Å²) in [6, 6.07) is 39.1. The van der Waals surface area contributed by atoms with E-state index in [-0.39, 0.29) is 16.5 Å². The van der Waals surface area contributed by atoms with E-state index in [2.05, 4.69) is 149 Å². The lowest BCUT2D eigenvalue weighted by molar-refractivity contribution is 0.398. The first-order chi connectivity index (χ1) is 23.6. The average Bonchev–Trinajstić information content (AvgIpc) is 3.10. The molecule has 3 nitrogen and oxygen atoms in total. The summed E-state index contributed by atoms with van der Waals surface area (Å²) in [6.07, 6.45) is 2.16. The zero-order valence-electron chi connectivity index (χ0n) is 29.0. The van der Waals surface area contributed by atoms with Gasteiger partial charge in [0.1, 0.15) is 5.58 Å². The first kappa shape index (κ1) is 29.9. The molecule has 0 saturated carbocycles. The van der Waals surface area contributed by atoms with Crippen LogP contribution in [0.15, 0.2) is 118 Å². The van der Waals surface area contributed by atoms with Crippen LogP contribution in [0.3, 0.4) is 0 Å². The average molecular weight is 640 g/mol. The number of fused-ring (bicyclic) bond motifs is 4. The third kappa shape index (κ3) is 4.59. The molecule has 0 amide bonds. The Balaban J connectivity index is 1.15. The second kappa shape index (κ2) is 10.7. The van der Waals surface area contributed by atoms with E-state index in [0.29, 0.717) is 5.56 Å². The molecule has 7 aromatic rings. The zero-order valence-corrected chi connectivity index (χ0v) is 29.0. The van der Waals surface area contributed by atoms with Crippen molar-refractivity contribution in [3.05, 3.63) is 136 Å². The molecule has 1 aromatic heterocycles. The molecule has 0 bridgehead atoms. The van der Waals surface area contributed by atoms with Gasteiger partial charge in [-0.05, 0) is 103 Å². The molecule has 2 aliphatic rings. The van der Waals surface area contributed by atoms with E-state index in [4.69, 9.17) is 4.42 Å². The van der Waals surface area contributed by atoms with Gasteiger partial charge in [-0.25, -0.2) is 4.79 Å². The molecule has 0 unspecified atom stereocenters. The largest absolute Gasteiger partial charge is 0.422 e. The van der Waals surface area contributed by atoms with Crippen LogP contribution >= 0.6 is 0 Å². The van der Waals surface area contributed by atoms with E-state index in [0.717, 1.165) is 48.0 Å². The fourth-order valence-electron chi connectivity index (χ4n) is 8.68. The SMILES string of the molecule is Cc1cccc2c(-c3cccc4c(-c5ccc(-c6cc7cc8c9c(c7oc6=O)C(C)(C)CCN9CCC8(C)C)cc5)cccc34)cccc12. The Morgan fingerprint density at radius 3 is 1.80 bits per heavy atom. The summed E-state index contributed by atoms with van der Waals surface area (Å²) in [7, 11) is 0. The van der Waals surface area contributed by atoms with Crippen LogP contribution in [0.4, 0.5) is 5.69 Å². The second-order valence-corrected chi connectivity index (χ2v) is 15.5. The minimum atomic E-state index is -0.278. The van der Waals surface area contributed by atoms with Crippen LogP contribution in [0.1, 0.15) is 57.2 Å². The van der Waals surface area contributed by atoms with E-state index in [1.165, 1.54) is 60.6 Å². The number of benzene rings is 6. The van der Waals surface area contributed by atoms with Gasteiger partial charge in [0.15, 0.2) is 0 Å². The Hall–Kier alpha value is -5.15. The zero-order chi connectivity index (χ0) is 33.7. The Kier molecular flexibility index (Phi) is 6.52. The van der Waals surface area contributed by atoms with Crippen molar-refractivity contribution in [2.75, 3.05) is 18.0 Å². The maximum atomic E-state index is 13.7.